The van der Waals surface area contributed by atoms with E-state index in [2.05, 4.69) is 15.3 Å². The minimum atomic E-state index is -2.62. The zero-order valence-corrected chi connectivity index (χ0v) is 19.5. The van der Waals surface area contributed by atoms with Gasteiger partial charge < -0.3 is 15.1 Å². The fourth-order valence-corrected chi connectivity index (χ4v) is 4.72. The summed E-state index contributed by atoms with van der Waals surface area (Å²) in [5.41, 5.74) is 1.37. The first-order valence-corrected chi connectivity index (χ1v) is 11.7. The predicted octanol–water partition coefficient (Wildman–Crippen LogP) is 4.91. The maximum atomic E-state index is 15.6. The molecule has 4 heterocycles. The molecule has 1 fully saturated rings. The van der Waals surface area contributed by atoms with E-state index in [1.807, 2.05) is 4.90 Å². The Morgan fingerprint density at radius 3 is 2.58 bits per heavy atom. The number of pyridine rings is 2. The van der Waals surface area contributed by atoms with Crippen LogP contribution in [0, 0.1) is 5.95 Å². The molecule has 36 heavy (non-hydrogen) atoms. The van der Waals surface area contributed by atoms with Crippen molar-refractivity contribution in [2.75, 3.05) is 34.8 Å². The van der Waals surface area contributed by atoms with Gasteiger partial charge in [0.05, 0.1) is 22.9 Å². The maximum absolute atomic E-state index is 15.6. The van der Waals surface area contributed by atoms with Crippen molar-refractivity contribution < 1.29 is 22.8 Å². The van der Waals surface area contributed by atoms with E-state index in [-0.39, 0.29) is 16.8 Å². The lowest BCUT2D eigenvalue weighted by atomic mass is 9.98. The van der Waals surface area contributed by atoms with Gasteiger partial charge in [0, 0.05) is 42.2 Å². The number of aromatic nitrogens is 2. The van der Waals surface area contributed by atoms with Gasteiger partial charge in [0.1, 0.15) is 12.4 Å². The number of nitrogens with zero attached hydrogens (tertiary/aromatic N) is 4. The molecule has 186 valence electrons. The average molecular weight is 496 g/mol. The van der Waals surface area contributed by atoms with Crippen LogP contribution in [0.5, 0.6) is 0 Å². The first-order chi connectivity index (χ1) is 17.3. The second kappa shape index (κ2) is 9.60. The minimum absolute atomic E-state index is 0.118. The van der Waals surface area contributed by atoms with Crippen LogP contribution in [-0.4, -0.2) is 41.4 Å². The number of carbonyl (C=O) groups is 2. The molecule has 0 aliphatic carbocycles. The van der Waals surface area contributed by atoms with Gasteiger partial charge in [0.15, 0.2) is 0 Å². The van der Waals surface area contributed by atoms with Gasteiger partial charge in [-0.3, -0.25) is 14.6 Å². The van der Waals surface area contributed by atoms with Crippen molar-refractivity contribution in [1.29, 1.82) is 0 Å². The molecule has 0 spiro atoms. The highest BCUT2D eigenvalue weighted by atomic mass is 19.3. The topological polar surface area (TPSA) is 78.4 Å². The molecular formula is C26H24F3N5O2. The lowest BCUT2D eigenvalue weighted by Crippen LogP contribution is -2.40. The van der Waals surface area contributed by atoms with E-state index in [0.29, 0.717) is 22.8 Å². The molecule has 10 heteroatoms. The molecule has 1 N–H and O–H groups in total. The van der Waals surface area contributed by atoms with E-state index in [4.69, 9.17) is 0 Å². The standard InChI is InChI=1S/C26H24F3N5O2/c1-15-23-18(5-4-10-30-23)22-19(13-20(32-25(22)29)33-11-2-3-12-33)34(26(15)36)14-21(35)31-17-8-6-16(7-9-17)24(27)28/h4-10,13,15,24H,2-3,11-12,14H2,1H3,(H,31,35)/t15-/m0/s1. The summed E-state index contributed by atoms with van der Waals surface area (Å²) in [5, 5.41) is 2.63. The quantitative estimate of drug-likeness (QED) is 0.509. The number of amides is 2. The molecule has 0 bridgehead atoms. The first-order valence-electron chi connectivity index (χ1n) is 11.7. The number of carbonyl (C=O) groups excluding carboxylic acids is 2. The van der Waals surface area contributed by atoms with Gasteiger partial charge in [0.2, 0.25) is 17.8 Å². The SMILES string of the molecule is C[C@@H]1C(=O)N(CC(=O)Nc2ccc(C(F)F)cc2)c2cc(N3CCCC3)nc(F)c2-c2cccnc21. The summed E-state index contributed by atoms with van der Waals surface area (Å²) in [6.45, 7) is 2.72. The number of nitrogens with one attached hydrogen (secondary N) is 1. The Bertz CT molecular complexity index is 1310. The Hall–Kier alpha value is -3.95. The third-order valence-electron chi connectivity index (χ3n) is 6.56. The molecule has 7 nitrogen and oxygen atoms in total. The molecule has 1 saturated heterocycles. The number of anilines is 3. The third-order valence-corrected chi connectivity index (χ3v) is 6.56. The molecule has 1 atom stereocenters. The molecule has 5 rings (SSSR count). The van der Waals surface area contributed by atoms with Crippen LogP contribution in [0.15, 0.2) is 48.7 Å². The molecule has 2 amide bonds. The van der Waals surface area contributed by atoms with Gasteiger partial charge in [-0.05, 0) is 38.0 Å². The van der Waals surface area contributed by atoms with Crippen molar-refractivity contribution in [2.45, 2.75) is 32.1 Å². The fourth-order valence-electron chi connectivity index (χ4n) is 4.72. The van der Waals surface area contributed by atoms with Crippen molar-refractivity contribution in [3.8, 4) is 11.1 Å². The summed E-state index contributed by atoms with van der Waals surface area (Å²) < 4.78 is 41.3. The van der Waals surface area contributed by atoms with Crippen molar-refractivity contribution in [3.63, 3.8) is 0 Å². The highest BCUT2D eigenvalue weighted by Crippen LogP contribution is 2.42. The number of hydrogen-bond donors (Lipinski definition) is 1. The van der Waals surface area contributed by atoms with Gasteiger partial charge in [-0.1, -0.05) is 18.2 Å². The van der Waals surface area contributed by atoms with Crippen LogP contribution in [0.25, 0.3) is 11.1 Å². The summed E-state index contributed by atoms with van der Waals surface area (Å²) in [6, 6.07) is 10.2. The maximum Gasteiger partial charge on any atom is 0.263 e. The molecule has 2 aliphatic rings. The van der Waals surface area contributed by atoms with Gasteiger partial charge in [-0.2, -0.15) is 4.39 Å². The second-order valence-corrected chi connectivity index (χ2v) is 8.91. The van der Waals surface area contributed by atoms with E-state index >= 15 is 4.39 Å². The van der Waals surface area contributed by atoms with Crippen LogP contribution in [0.3, 0.4) is 0 Å². The summed E-state index contributed by atoms with van der Waals surface area (Å²) >= 11 is 0. The number of rotatable bonds is 5. The lowest BCUT2D eigenvalue weighted by molar-refractivity contribution is -0.122. The predicted molar refractivity (Wildman–Crippen MR) is 130 cm³/mol. The third kappa shape index (κ3) is 4.38. The van der Waals surface area contributed by atoms with Gasteiger partial charge in [-0.25, -0.2) is 13.8 Å². The van der Waals surface area contributed by atoms with Crippen molar-refractivity contribution in [3.05, 3.63) is 65.9 Å². The molecule has 0 radical (unpaired) electrons. The Morgan fingerprint density at radius 1 is 1.17 bits per heavy atom. The normalized spacial score (nSPS) is 17.1. The highest BCUT2D eigenvalue weighted by Gasteiger charge is 2.36. The molecular weight excluding hydrogens is 471 g/mol. The van der Waals surface area contributed by atoms with Crippen molar-refractivity contribution in [2.24, 2.45) is 0 Å². The average Bonchev–Trinajstić information content (AvgIpc) is 3.39. The number of fused-ring (bicyclic) bond motifs is 3. The first kappa shape index (κ1) is 23.8. The van der Waals surface area contributed by atoms with Crippen LogP contribution >= 0.6 is 0 Å². The number of hydrogen-bond acceptors (Lipinski definition) is 5. The zero-order chi connectivity index (χ0) is 25.4. The van der Waals surface area contributed by atoms with Crippen LogP contribution in [0.4, 0.5) is 30.4 Å². The van der Waals surface area contributed by atoms with E-state index in [9.17, 15) is 18.4 Å². The number of alkyl halides is 2. The Balaban J connectivity index is 1.53. The van der Waals surface area contributed by atoms with Crippen LogP contribution in [0.2, 0.25) is 0 Å². The molecule has 2 aliphatic heterocycles. The molecule has 2 aromatic heterocycles. The summed E-state index contributed by atoms with van der Waals surface area (Å²) in [7, 11) is 0. The van der Waals surface area contributed by atoms with E-state index < -0.39 is 36.7 Å². The smallest absolute Gasteiger partial charge is 0.263 e. The Morgan fingerprint density at radius 2 is 1.89 bits per heavy atom. The molecule has 3 aromatic rings. The molecule has 0 saturated carbocycles. The summed E-state index contributed by atoms with van der Waals surface area (Å²) in [6.07, 6.45) is 0.836. The lowest BCUT2D eigenvalue weighted by Gasteiger charge is -2.26. The van der Waals surface area contributed by atoms with Crippen LogP contribution < -0.4 is 15.1 Å². The summed E-state index contributed by atoms with van der Waals surface area (Å²) in [5.74, 6) is -2.02. The summed E-state index contributed by atoms with van der Waals surface area (Å²) in [4.78, 5) is 38.3. The second-order valence-electron chi connectivity index (χ2n) is 8.91. The van der Waals surface area contributed by atoms with Crippen LogP contribution in [0.1, 0.15) is 43.4 Å². The van der Waals surface area contributed by atoms with Gasteiger partial charge >= 0.3 is 0 Å². The molecule has 0 unspecified atom stereocenters. The van der Waals surface area contributed by atoms with Gasteiger partial charge in [-0.15, -0.1) is 0 Å². The Labute approximate surface area is 206 Å². The number of benzene rings is 1. The van der Waals surface area contributed by atoms with E-state index in [0.717, 1.165) is 25.9 Å². The Kier molecular flexibility index (Phi) is 6.34. The van der Waals surface area contributed by atoms with Crippen LogP contribution in [-0.2, 0) is 9.59 Å². The number of halogens is 3. The van der Waals surface area contributed by atoms with Gasteiger partial charge in [0.25, 0.3) is 6.43 Å². The van der Waals surface area contributed by atoms with E-state index in [1.165, 1.54) is 35.4 Å². The van der Waals surface area contributed by atoms with E-state index in [1.54, 1.807) is 25.1 Å². The monoisotopic (exact) mass is 495 g/mol. The highest BCUT2D eigenvalue weighted by molar-refractivity contribution is 6.09. The van der Waals surface area contributed by atoms with Crippen molar-refractivity contribution >= 4 is 29.0 Å². The van der Waals surface area contributed by atoms with Crippen molar-refractivity contribution in [1.82, 2.24) is 9.97 Å². The largest absolute Gasteiger partial charge is 0.356 e. The fraction of sp³-hybridized carbons (Fsp3) is 0.308. The molecule has 1 aromatic carbocycles. The zero-order valence-electron chi connectivity index (χ0n) is 19.5. The minimum Gasteiger partial charge on any atom is -0.356 e.